The van der Waals surface area contributed by atoms with Crippen molar-refractivity contribution in [2.24, 2.45) is 0 Å². The van der Waals surface area contributed by atoms with Gasteiger partial charge < -0.3 is 10.1 Å². The lowest BCUT2D eigenvalue weighted by atomic mass is 10.1. The molecule has 0 aliphatic rings. The zero-order valence-electron chi connectivity index (χ0n) is 19.8. The van der Waals surface area contributed by atoms with Crippen LogP contribution in [-0.4, -0.2) is 20.4 Å². The van der Waals surface area contributed by atoms with Crippen molar-refractivity contribution in [2.75, 3.05) is 10.0 Å². The van der Waals surface area contributed by atoms with Gasteiger partial charge in [-0.1, -0.05) is 12.1 Å². The van der Waals surface area contributed by atoms with Gasteiger partial charge in [0.15, 0.2) is 6.10 Å². The third-order valence-electron chi connectivity index (χ3n) is 5.63. The molecule has 0 fully saturated rings. The van der Waals surface area contributed by atoms with Crippen molar-refractivity contribution in [2.45, 2.75) is 52.5 Å². The van der Waals surface area contributed by atoms with Crippen molar-refractivity contribution in [3.05, 3.63) is 82.4 Å². The summed E-state index contributed by atoms with van der Waals surface area (Å²) in [6.07, 6.45) is -0.722. The van der Waals surface area contributed by atoms with Crippen LogP contribution in [0.15, 0.2) is 59.5 Å². The van der Waals surface area contributed by atoms with Gasteiger partial charge in [-0.3, -0.25) is 9.52 Å². The second kappa shape index (κ2) is 9.67. The number of ether oxygens (including phenoxy) is 1. The minimum atomic E-state index is -3.75. The van der Waals surface area contributed by atoms with E-state index in [9.17, 15) is 13.2 Å². The van der Waals surface area contributed by atoms with E-state index in [-0.39, 0.29) is 10.8 Å². The van der Waals surface area contributed by atoms with Crippen LogP contribution in [0.5, 0.6) is 5.75 Å². The van der Waals surface area contributed by atoms with E-state index in [2.05, 4.69) is 16.1 Å². The Labute approximate surface area is 196 Å². The molecule has 3 aromatic carbocycles. The molecule has 7 heteroatoms. The number of carbonyl (C=O) groups excluding carboxylic acids is 1. The lowest BCUT2D eigenvalue weighted by Crippen LogP contribution is -2.30. The number of amides is 1. The van der Waals surface area contributed by atoms with Crippen LogP contribution in [0, 0.1) is 34.6 Å². The number of benzene rings is 3. The van der Waals surface area contributed by atoms with E-state index in [4.69, 9.17) is 4.74 Å². The fourth-order valence-corrected chi connectivity index (χ4v) is 4.40. The van der Waals surface area contributed by atoms with Gasteiger partial charge in [-0.25, -0.2) is 8.42 Å². The number of rotatable bonds is 7. The van der Waals surface area contributed by atoms with Crippen LogP contribution in [0.2, 0.25) is 0 Å². The number of hydrogen-bond donors (Lipinski definition) is 2. The molecule has 0 spiro atoms. The minimum Gasteiger partial charge on any atom is -0.481 e. The Balaban J connectivity index is 1.67. The van der Waals surface area contributed by atoms with Crippen LogP contribution < -0.4 is 14.8 Å². The summed E-state index contributed by atoms with van der Waals surface area (Å²) in [4.78, 5) is 12.7. The molecule has 0 unspecified atom stereocenters. The van der Waals surface area contributed by atoms with Crippen molar-refractivity contribution >= 4 is 27.3 Å². The normalized spacial score (nSPS) is 12.2. The third kappa shape index (κ3) is 5.93. The quantitative estimate of drug-likeness (QED) is 0.486. The summed E-state index contributed by atoms with van der Waals surface area (Å²) in [6, 6.07) is 15.4. The van der Waals surface area contributed by atoms with Crippen LogP contribution in [0.4, 0.5) is 11.4 Å². The van der Waals surface area contributed by atoms with Gasteiger partial charge in [0.1, 0.15) is 5.75 Å². The summed E-state index contributed by atoms with van der Waals surface area (Å²) in [6.45, 7) is 11.5. The molecule has 6 nitrogen and oxygen atoms in total. The Hall–Kier alpha value is -3.32. The van der Waals surface area contributed by atoms with Gasteiger partial charge in [-0.15, -0.1) is 0 Å². The fraction of sp³-hybridized carbons (Fsp3) is 0.269. The standard InChI is InChI=1S/C26H30N2O4S/c1-16-13-19(4)20(5)25(14-16)32-21(6)26(29)27-22-9-11-24(12-10-22)33(30,31)28-23-8-7-17(2)18(3)15-23/h7-15,21,28H,1-6H3,(H,27,29)/t21-/m0/s1. The van der Waals surface area contributed by atoms with E-state index >= 15 is 0 Å². The molecular weight excluding hydrogens is 436 g/mol. The van der Waals surface area contributed by atoms with Crippen LogP contribution in [-0.2, 0) is 14.8 Å². The van der Waals surface area contributed by atoms with Gasteiger partial charge >= 0.3 is 0 Å². The number of nitrogens with one attached hydrogen (secondary N) is 2. The summed E-state index contributed by atoms with van der Waals surface area (Å²) in [7, 11) is -3.75. The largest absolute Gasteiger partial charge is 0.481 e. The van der Waals surface area contributed by atoms with Gasteiger partial charge in [0, 0.05) is 11.4 Å². The highest BCUT2D eigenvalue weighted by Crippen LogP contribution is 2.25. The van der Waals surface area contributed by atoms with Crippen LogP contribution in [0.3, 0.4) is 0 Å². The Kier molecular flexibility index (Phi) is 7.12. The lowest BCUT2D eigenvalue weighted by molar-refractivity contribution is -0.122. The van der Waals surface area contributed by atoms with Crippen LogP contribution >= 0.6 is 0 Å². The second-order valence-corrected chi connectivity index (χ2v) is 10.1. The number of hydrogen-bond acceptors (Lipinski definition) is 4. The van der Waals surface area contributed by atoms with E-state index in [0.29, 0.717) is 17.1 Å². The van der Waals surface area contributed by atoms with E-state index in [0.717, 1.165) is 27.8 Å². The van der Waals surface area contributed by atoms with E-state index in [1.54, 1.807) is 31.2 Å². The molecule has 0 aromatic heterocycles. The van der Waals surface area contributed by atoms with Crippen molar-refractivity contribution in [1.82, 2.24) is 0 Å². The first-order chi connectivity index (χ1) is 15.5. The first kappa shape index (κ1) is 24.3. The zero-order chi connectivity index (χ0) is 24.3. The zero-order valence-corrected chi connectivity index (χ0v) is 20.6. The molecule has 0 saturated carbocycles. The molecule has 0 heterocycles. The summed E-state index contributed by atoms with van der Waals surface area (Å²) in [5.74, 6) is 0.353. The van der Waals surface area contributed by atoms with E-state index in [1.807, 2.05) is 46.8 Å². The average Bonchev–Trinajstić information content (AvgIpc) is 2.74. The Morgan fingerprint density at radius 3 is 2.09 bits per heavy atom. The summed E-state index contributed by atoms with van der Waals surface area (Å²) >= 11 is 0. The number of sulfonamides is 1. The third-order valence-corrected chi connectivity index (χ3v) is 7.03. The van der Waals surface area contributed by atoms with Gasteiger partial charge in [0.25, 0.3) is 15.9 Å². The predicted octanol–water partition coefficient (Wildman–Crippen LogP) is 5.44. The maximum atomic E-state index is 12.7. The number of anilines is 2. The Morgan fingerprint density at radius 1 is 0.818 bits per heavy atom. The van der Waals surface area contributed by atoms with Crippen molar-refractivity contribution in [3.8, 4) is 5.75 Å². The molecular formula is C26H30N2O4S. The molecule has 1 amide bonds. The van der Waals surface area contributed by atoms with Gasteiger partial charge in [0.05, 0.1) is 4.90 Å². The van der Waals surface area contributed by atoms with Gasteiger partial charge in [-0.05, 0) is 112 Å². The average molecular weight is 467 g/mol. The molecule has 3 aromatic rings. The molecule has 0 radical (unpaired) electrons. The predicted molar refractivity (Wildman–Crippen MR) is 133 cm³/mol. The second-order valence-electron chi connectivity index (χ2n) is 8.38. The molecule has 33 heavy (non-hydrogen) atoms. The van der Waals surface area contributed by atoms with Crippen molar-refractivity contribution < 1.29 is 17.9 Å². The first-order valence-electron chi connectivity index (χ1n) is 10.7. The molecule has 2 N–H and O–H groups in total. The minimum absolute atomic E-state index is 0.105. The highest BCUT2D eigenvalue weighted by atomic mass is 32.2. The van der Waals surface area contributed by atoms with E-state index in [1.165, 1.54) is 12.1 Å². The summed E-state index contributed by atoms with van der Waals surface area (Å²) < 4.78 is 33.9. The number of aryl methyl sites for hydroxylation is 4. The van der Waals surface area contributed by atoms with Crippen molar-refractivity contribution in [3.63, 3.8) is 0 Å². The molecule has 0 aliphatic heterocycles. The highest BCUT2D eigenvalue weighted by Gasteiger charge is 2.18. The summed E-state index contributed by atoms with van der Waals surface area (Å²) in [5.41, 5.74) is 6.23. The van der Waals surface area contributed by atoms with Gasteiger partial charge in [-0.2, -0.15) is 0 Å². The molecule has 174 valence electrons. The van der Waals surface area contributed by atoms with Crippen molar-refractivity contribution in [1.29, 1.82) is 0 Å². The SMILES string of the molecule is Cc1cc(C)c(C)c(O[C@@H](C)C(=O)Nc2ccc(S(=O)(=O)Nc3ccc(C)c(C)c3)cc2)c1. The maximum absolute atomic E-state index is 12.7. The molecule has 1 atom stereocenters. The fourth-order valence-electron chi connectivity index (χ4n) is 3.35. The monoisotopic (exact) mass is 466 g/mol. The topological polar surface area (TPSA) is 84.5 Å². The summed E-state index contributed by atoms with van der Waals surface area (Å²) in [5, 5.41) is 2.77. The maximum Gasteiger partial charge on any atom is 0.265 e. The van der Waals surface area contributed by atoms with Crippen LogP contribution in [0.25, 0.3) is 0 Å². The lowest BCUT2D eigenvalue weighted by Gasteiger charge is -2.18. The molecule has 0 saturated heterocycles. The van der Waals surface area contributed by atoms with E-state index < -0.39 is 16.1 Å². The smallest absolute Gasteiger partial charge is 0.265 e. The Bertz CT molecular complexity index is 1280. The number of carbonyl (C=O) groups is 1. The Morgan fingerprint density at radius 2 is 1.45 bits per heavy atom. The molecule has 0 aliphatic carbocycles. The molecule has 3 rings (SSSR count). The van der Waals surface area contributed by atoms with Crippen LogP contribution in [0.1, 0.15) is 34.7 Å². The highest BCUT2D eigenvalue weighted by molar-refractivity contribution is 7.92. The van der Waals surface area contributed by atoms with Gasteiger partial charge in [0.2, 0.25) is 0 Å². The molecule has 0 bridgehead atoms. The first-order valence-corrected chi connectivity index (χ1v) is 12.2.